The van der Waals surface area contributed by atoms with Gasteiger partial charge in [0.05, 0.1) is 29.2 Å². The average Bonchev–Trinajstić information content (AvgIpc) is 3.25. The number of carbonyl (C=O) groups excluding carboxylic acids is 1. The third-order valence-corrected chi connectivity index (χ3v) is 4.55. The van der Waals surface area contributed by atoms with E-state index >= 15 is 0 Å². The number of nitrogens with zero attached hydrogens (tertiary/aromatic N) is 3. The first kappa shape index (κ1) is 14.9. The van der Waals surface area contributed by atoms with Crippen molar-refractivity contribution in [2.75, 3.05) is 6.54 Å². The molecular formula is C18H20N4O2. The molecule has 4 rings (SSSR count). The third-order valence-electron chi connectivity index (χ3n) is 4.55. The van der Waals surface area contributed by atoms with E-state index in [0.29, 0.717) is 5.76 Å². The van der Waals surface area contributed by atoms with Gasteiger partial charge in [0, 0.05) is 12.6 Å². The van der Waals surface area contributed by atoms with E-state index in [1.807, 2.05) is 24.0 Å². The summed E-state index contributed by atoms with van der Waals surface area (Å²) in [6, 6.07) is 7.98. The van der Waals surface area contributed by atoms with E-state index in [9.17, 15) is 4.79 Å². The van der Waals surface area contributed by atoms with Crippen LogP contribution in [0.4, 0.5) is 0 Å². The fourth-order valence-corrected chi connectivity index (χ4v) is 3.40. The number of rotatable bonds is 3. The summed E-state index contributed by atoms with van der Waals surface area (Å²) in [6.07, 6.45) is 2.17. The Morgan fingerprint density at radius 2 is 2.25 bits per heavy atom. The van der Waals surface area contributed by atoms with Crippen LogP contribution in [0.25, 0.3) is 11.0 Å². The molecule has 6 nitrogen and oxygen atoms in total. The van der Waals surface area contributed by atoms with Crippen molar-refractivity contribution in [2.45, 2.75) is 39.2 Å². The smallest absolute Gasteiger partial charge is 0.230 e. The minimum Gasteiger partial charge on any atom is -0.361 e. The predicted octanol–water partition coefficient (Wildman–Crippen LogP) is 3.07. The second-order valence-electron chi connectivity index (χ2n) is 6.50. The molecule has 0 radical (unpaired) electrons. The van der Waals surface area contributed by atoms with Gasteiger partial charge in [-0.25, -0.2) is 4.98 Å². The molecule has 3 heterocycles. The number of aromatic amines is 1. The molecule has 1 aliphatic heterocycles. The summed E-state index contributed by atoms with van der Waals surface area (Å²) in [6.45, 7) is 4.67. The quantitative estimate of drug-likeness (QED) is 0.803. The molecule has 124 valence electrons. The third kappa shape index (κ3) is 2.68. The van der Waals surface area contributed by atoms with Crippen LogP contribution in [0.15, 0.2) is 28.8 Å². The van der Waals surface area contributed by atoms with Crippen LogP contribution in [0, 0.1) is 13.8 Å². The largest absolute Gasteiger partial charge is 0.361 e. The van der Waals surface area contributed by atoms with Crippen molar-refractivity contribution in [1.82, 2.24) is 20.0 Å². The maximum atomic E-state index is 12.7. The highest BCUT2D eigenvalue weighted by Crippen LogP contribution is 2.32. The molecule has 1 aliphatic rings. The Morgan fingerprint density at radius 3 is 3.04 bits per heavy atom. The lowest BCUT2D eigenvalue weighted by molar-refractivity contribution is -0.131. The van der Waals surface area contributed by atoms with Gasteiger partial charge in [0.15, 0.2) is 0 Å². The Balaban J connectivity index is 1.58. The summed E-state index contributed by atoms with van der Waals surface area (Å²) in [5, 5.41) is 3.85. The van der Waals surface area contributed by atoms with E-state index in [1.165, 1.54) is 5.56 Å². The van der Waals surface area contributed by atoms with Gasteiger partial charge in [-0.3, -0.25) is 4.79 Å². The van der Waals surface area contributed by atoms with Crippen molar-refractivity contribution in [2.24, 2.45) is 0 Å². The lowest BCUT2D eigenvalue weighted by atomic mass is 10.2. The monoisotopic (exact) mass is 324 g/mol. The number of likely N-dealkylation sites (tertiary alicyclic amines) is 1. The summed E-state index contributed by atoms with van der Waals surface area (Å²) < 4.78 is 5.18. The summed E-state index contributed by atoms with van der Waals surface area (Å²) in [4.78, 5) is 22.7. The van der Waals surface area contributed by atoms with Gasteiger partial charge >= 0.3 is 0 Å². The van der Waals surface area contributed by atoms with Crippen LogP contribution in [0.5, 0.6) is 0 Å². The number of imidazole rings is 1. The molecule has 0 bridgehead atoms. The first-order valence-electron chi connectivity index (χ1n) is 8.28. The number of carbonyl (C=O) groups is 1. The summed E-state index contributed by atoms with van der Waals surface area (Å²) in [5.74, 6) is 1.55. The number of H-pyrrole nitrogens is 1. The SMILES string of the molecule is Cc1ccc2nc(C3CCCN3C(=O)Cc3cc(C)no3)[nH]c2c1. The van der Waals surface area contributed by atoms with E-state index in [0.717, 1.165) is 41.9 Å². The minimum absolute atomic E-state index is 0.00854. The molecule has 6 heteroatoms. The minimum atomic E-state index is 0.00854. The molecule has 1 amide bonds. The van der Waals surface area contributed by atoms with Crippen LogP contribution >= 0.6 is 0 Å². The van der Waals surface area contributed by atoms with E-state index in [-0.39, 0.29) is 18.4 Å². The zero-order valence-corrected chi connectivity index (χ0v) is 13.9. The lowest BCUT2D eigenvalue weighted by Gasteiger charge is -2.22. The Bertz CT molecular complexity index is 895. The molecule has 1 N–H and O–H groups in total. The van der Waals surface area contributed by atoms with Crippen LogP contribution in [-0.2, 0) is 11.2 Å². The van der Waals surface area contributed by atoms with Crippen molar-refractivity contribution in [1.29, 1.82) is 0 Å². The highest BCUT2D eigenvalue weighted by atomic mass is 16.5. The van der Waals surface area contributed by atoms with Gasteiger partial charge in [-0.15, -0.1) is 0 Å². The second-order valence-corrected chi connectivity index (χ2v) is 6.50. The fourth-order valence-electron chi connectivity index (χ4n) is 3.40. The zero-order valence-electron chi connectivity index (χ0n) is 13.9. The highest BCUT2D eigenvalue weighted by Gasteiger charge is 2.32. The predicted molar refractivity (Wildman–Crippen MR) is 89.5 cm³/mol. The molecule has 2 aromatic heterocycles. The van der Waals surface area contributed by atoms with Gasteiger partial charge < -0.3 is 14.4 Å². The summed E-state index contributed by atoms with van der Waals surface area (Å²) in [7, 11) is 0. The number of aromatic nitrogens is 3. The molecule has 0 spiro atoms. The molecule has 0 saturated carbocycles. The maximum absolute atomic E-state index is 12.7. The van der Waals surface area contributed by atoms with Crippen LogP contribution < -0.4 is 0 Å². The number of hydrogen-bond acceptors (Lipinski definition) is 4. The fraction of sp³-hybridized carbons (Fsp3) is 0.389. The molecule has 1 atom stereocenters. The van der Waals surface area contributed by atoms with Crippen molar-refractivity contribution in [3.8, 4) is 0 Å². The van der Waals surface area contributed by atoms with Crippen LogP contribution in [-0.4, -0.2) is 32.5 Å². The van der Waals surface area contributed by atoms with Crippen molar-refractivity contribution < 1.29 is 9.32 Å². The number of hydrogen-bond donors (Lipinski definition) is 1. The van der Waals surface area contributed by atoms with Crippen LogP contribution in [0.3, 0.4) is 0 Å². The molecule has 1 saturated heterocycles. The van der Waals surface area contributed by atoms with Crippen molar-refractivity contribution >= 4 is 16.9 Å². The van der Waals surface area contributed by atoms with Gasteiger partial charge in [0.2, 0.25) is 5.91 Å². The molecule has 1 aromatic carbocycles. The number of aryl methyl sites for hydroxylation is 2. The Labute approximate surface area is 139 Å². The Kier molecular flexibility index (Phi) is 3.59. The molecular weight excluding hydrogens is 304 g/mol. The zero-order chi connectivity index (χ0) is 16.7. The standard InChI is InChI=1S/C18H20N4O2/c1-11-5-6-14-15(8-11)20-18(19-14)16-4-3-7-22(16)17(23)10-13-9-12(2)21-24-13/h5-6,8-9,16H,3-4,7,10H2,1-2H3,(H,19,20). The van der Waals surface area contributed by atoms with Gasteiger partial charge in [-0.1, -0.05) is 11.2 Å². The number of fused-ring (bicyclic) bond motifs is 1. The van der Waals surface area contributed by atoms with Crippen LogP contribution in [0.2, 0.25) is 0 Å². The topological polar surface area (TPSA) is 75.0 Å². The molecule has 24 heavy (non-hydrogen) atoms. The number of nitrogens with one attached hydrogen (secondary N) is 1. The van der Waals surface area contributed by atoms with Gasteiger partial charge in [0.25, 0.3) is 0 Å². The van der Waals surface area contributed by atoms with Crippen LogP contribution in [0.1, 0.15) is 41.7 Å². The number of amides is 1. The second kappa shape index (κ2) is 5.78. The maximum Gasteiger partial charge on any atom is 0.230 e. The molecule has 1 fully saturated rings. The molecule has 0 aliphatic carbocycles. The first-order valence-corrected chi connectivity index (χ1v) is 8.28. The highest BCUT2D eigenvalue weighted by molar-refractivity contribution is 5.79. The van der Waals surface area contributed by atoms with E-state index in [2.05, 4.69) is 29.2 Å². The molecule has 3 aromatic rings. The molecule has 1 unspecified atom stereocenters. The Morgan fingerprint density at radius 1 is 1.38 bits per heavy atom. The van der Waals surface area contributed by atoms with Crippen molar-refractivity contribution in [3.63, 3.8) is 0 Å². The lowest BCUT2D eigenvalue weighted by Crippen LogP contribution is -2.32. The van der Waals surface area contributed by atoms with E-state index in [1.54, 1.807) is 0 Å². The van der Waals surface area contributed by atoms with Gasteiger partial charge in [0.1, 0.15) is 11.6 Å². The van der Waals surface area contributed by atoms with E-state index < -0.39 is 0 Å². The number of benzene rings is 1. The van der Waals surface area contributed by atoms with Crippen molar-refractivity contribution in [3.05, 3.63) is 47.1 Å². The van der Waals surface area contributed by atoms with Gasteiger partial charge in [-0.2, -0.15) is 0 Å². The first-order chi connectivity index (χ1) is 11.6. The average molecular weight is 324 g/mol. The van der Waals surface area contributed by atoms with E-state index in [4.69, 9.17) is 9.51 Å². The van der Waals surface area contributed by atoms with Gasteiger partial charge in [-0.05, 0) is 44.4 Å². The summed E-state index contributed by atoms with van der Waals surface area (Å²) in [5.41, 5.74) is 3.96. The Hall–Kier alpha value is -2.63. The summed E-state index contributed by atoms with van der Waals surface area (Å²) >= 11 is 0. The normalized spacial score (nSPS) is 17.8.